The van der Waals surface area contributed by atoms with Crippen molar-refractivity contribution in [1.29, 1.82) is 0 Å². The highest BCUT2D eigenvalue weighted by atomic mass is 35.5. The lowest BCUT2D eigenvalue weighted by molar-refractivity contribution is -0.133. The highest BCUT2D eigenvalue weighted by Crippen LogP contribution is 2.22. The van der Waals surface area contributed by atoms with Gasteiger partial charge in [0.15, 0.2) is 0 Å². The molecule has 3 heterocycles. The van der Waals surface area contributed by atoms with Gasteiger partial charge in [-0.05, 0) is 37.8 Å². The summed E-state index contributed by atoms with van der Waals surface area (Å²) in [7, 11) is 0. The van der Waals surface area contributed by atoms with Crippen LogP contribution in [0.5, 0.6) is 0 Å². The Morgan fingerprint density at radius 1 is 1.48 bits per heavy atom. The van der Waals surface area contributed by atoms with Crippen LogP contribution in [0.15, 0.2) is 4.52 Å². The fourth-order valence-electron chi connectivity index (χ4n) is 3.30. The third-order valence-corrected chi connectivity index (χ3v) is 4.90. The van der Waals surface area contributed by atoms with Crippen molar-refractivity contribution in [1.82, 2.24) is 20.3 Å². The molecule has 0 aliphatic carbocycles. The van der Waals surface area contributed by atoms with Crippen molar-refractivity contribution in [2.75, 3.05) is 26.2 Å². The van der Waals surface area contributed by atoms with E-state index in [1.807, 2.05) is 16.7 Å². The number of nitrogens with one attached hydrogen (secondary N) is 1. The summed E-state index contributed by atoms with van der Waals surface area (Å²) in [6.45, 7) is 4.59. The molecule has 0 radical (unpaired) electrons. The molecule has 1 N–H and O–H groups in total. The molecule has 1 atom stereocenters. The largest absolute Gasteiger partial charge is 0.344 e. The Kier molecular flexibility index (Phi) is 4.75. The first-order chi connectivity index (χ1) is 11.1. The monoisotopic (exact) mass is 340 g/mol. The zero-order valence-corrected chi connectivity index (χ0v) is 13.9. The van der Waals surface area contributed by atoms with E-state index in [1.165, 1.54) is 0 Å². The Bertz CT molecular complexity index is 584. The molecule has 7 nitrogen and oxygen atoms in total. The number of piperidine rings is 1. The van der Waals surface area contributed by atoms with E-state index in [-0.39, 0.29) is 23.2 Å². The van der Waals surface area contributed by atoms with Crippen molar-refractivity contribution in [2.24, 2.45) is 0 Å². The molecule has 0 saturated carbocycles. The van der Waals surface area contributed by atoms with Gasteiger partial charge in [0.1, 0.15) is 0 Å². The van der Waals surface area contributed by atoms with E-state index in [2.05, 4.69) is 10.5 Å². The van der Waals surface area contributed by atoms with Crippen molar-refractivity contribution < 1.29 is 14.1 Å². The summed E-state index contributed by atoms with van der Waals surface area (Å²) in [4.78, 5) is 28.0. The molecule has 1 unspecified atom stereocenters. The van der Waals surface area contributed by atoms with Gasteiger partial charge in [-0.3, -0.25) is 4.79 Å². The number of nitrogens with zero attached hydrogens (tertiary/aromatic N) is 3. The summed E-state index contributed by atoms with van der Waals surface area (Å²) in [6.07, 6.45) is 2.78. The summed E-state index contributed by atoms with van der Waals surface area (Å²) in [6, 6.07) is 0.104. The zero-order chi connectivity index (χ0) is 16.4. The lowest BCUT2D eigenvalue weighted by atomic mass is 10.0. The molecule has 1 aromatic rings. The zero-order valence-electron chi connectivity index (χ0n) is 13.2. The first-order valence-corrected chi connectivity index (χ1v) is 8.37. The van der Waals surface area contributed by atoms with Crippen LogP contribution >= 0.6 is 11.6 Å². The van der Waals surface area contributed by atoms with Gasteiger partial charge in [0.2, 0.25) is 11.1 Å². The normalized spacial score (nSPS) is 21.7. The Morgan fingerprint density at radius 3 is 2.96 bits per heavy atom. The minimum atomic E-state index is -0.0174. The number of carbonyl (C=O) groups excluding carboxylic acids is 2. The maximum absolute atomic E-state index is 12.5. The second kappa shape index (κ2) is 6.78. The van der Waals surface area contributed by atoms with Gasteiger partial charge in [-0.15, -0.1) is 0 Å². The third-order valence-electron chi connectivity index (χ3n) is 4.61. The molecule has 0 bridgehead atoms. The van der Waals surface area contributed by atoms with Gasteiger partial charge >= 0.3 is 6.03 Å². The van der Waals surface area contributed by atoms with Gasteiger partial charge in [0, 0.05) is 38.2 Å². The average Bonchev–Trinajstić information content (AvgIpc) is 3.11. The van der Waals surface area contributed by atoms with Crippen LogP contribution in [0.1, 0.15) is 30.5 Å². The number of urea groups is 1. The van der Waals surface area contributed by atoms with Crippen LogP contribution in [0.4, 0.5) is 4.79 Å². The maximum Gasteiger partial charge on any atom is 0.317 e. The predicted molar refractivity (Wildman–Crippen MR) is 84.3 cm³/mol. The van der Waals surface area contributed by atoms with E-state index >= 15 is 0 Å². The van der Waals surface area contributed by atoms with Crippen molar-refractivity contribution >= 4 is 23.5 Å². The summed E-state index contributed by atoms with van der Waals surface area (Å²) in [5.74, 6) is 0.0889. The molecule has 1 aromatic heterocycles. The number of halogens is 1. The molecule has 2 fully saturated rings. The SMILES string of the molecule is Cc1noc(Cl)c1CCC(=O)N1CCCC(N2CCNC2=O)C1. The molecule has 0 spiro atoms. The minimum absolute atomic E-state index is 0.0174. The van der Waals surface area contributed by atoms with Crippen LogP contribution in [0, 0.1) is 6.92 Å². The smallest absolute Gasteiger partial charge is 0.317 e. The van der Waals surface area contributed by atoms with Crippen LogP contribution in [-0.4, -0.2) is 59.1 Å². The quantitative estimate of drug-likeness (QED) is 0.902. The minimum Gasteiger partial charge on any atom is -0.344 e. The van der Waals surface area contributed by atoms with E-state index in [0.717, 1.165) is 37.2 Å². The van der Waals surface area contributed by atoms with E-state index in [9.17, 15) is 9.59 Å². The van der Waals surface area contributed by atoms with E-state index in [4.69, 9.17) is 16.1 Å². The molecule has 2 aliphatic heterocycles. The Labute approximate surface area is 139 Å². The summed E-state index contributed by atoms with van der Waals surface area (Å²) in [5, 5.41) is 6.88. The molecule has 3 amide bonds. The van der Waals surface area contributed by atoms with E-state index < -0.39 is 0 Å². The number of rotatable bonds is 4. The van der Waals surface area contributed by atoms with Gasteiger partial charge in [0.05, 0.1) is 11.7 Å². The van der Waals surface area contributed by atoms with Crippen molar-refractivity contribution in [3.63, 3.8) is 0 Å². The number of carbonyl (C=O) groups is 2. The average molecular weight is 341 g/mol. The molecule has 2 aliphatic rings. The van der Waals surface area contributed by atoms with Crippen LogP contribution in [0.3, 0.4) is 0 Å². The molecule has 23 heavy (non-hydrogen) atoms. The molecular weight excluding hydrogens is 320 g/mol. The summed E-state index contributed by atoms with van der Waals surface area (Å²) in [5.41, 5.74) is 1.53. The topological polar surface area (TPSA) is 78.7 Å². The Hall–Kier alpha value is -1.76. The number of aromatic nitrogens is 1. The van der Waals surface area contributed by atoms with Crippen LogP contribution in [0.25, 0.3) is 0 Å². The molecule has 2 saturated heterocycles. The number of aryl methyl sites for hydroxylation is 1. The molecule has 8 heteroatoms. The van der Waals surface area contributed by atoms with Crippen LogP contribution in [-0.2, 0) is 11.2 Å². The standard InChI is InChI=1S/C15H21ClN4O3/c1-10-12(14(16)23-18-10)4-5-13(21)19-7-2-3-11(9-19)20-8-6-17-15(20)22/h11H,2-9H2,1H3,(H,17,22). The highest BCUT2D eigenvalue weighted by molar-refractivity contribution is 6.29. The maximum atomic E-state index is 12.5. The van der Waals surface area contributed by atoms with Crippen molar-refractivity contribution in [3.05, 3.63) is 16.5 Å². The first-order valence-electron chi connectivity index (χ1n) is 7.99. The Morgan fingerprint density at radius 2 is 2.30 bits per heavy atom. The lowest BCUT2D eigenvalue weighted by Gasteiger charge is -2.37. The van der Waals surface area contributed by atoms with Gasteiger partial charge in [-0.1, -0.05) is 5.16 Å². The first kappa shape index (κ1) is 16.1. The van der Waals surface area contributed by atoms with Crippen LogP contribution in [0.2, 0.25) is 5.22 Å². The fraction of sp³-hybridized carbons (Fsp3) is 0.667. The Balaban J connectivity index is 1.56. The summed E-state index contributed by atoms with van der Waals surface area (Å²) < 4.78 is 4.91. The molecule has 126 valence electrons. The number of likely N-dealkylation sites (tertiary alicyclic amines) is 1. The van der Waals surface area contributed by atoms with E-state index in [1.54, 1.807) is 0 Å². The molecular formula is C15H21ClN4O3. The summed E-state index contributed by atoms with van der Waals surface area (Å²) >= 11 is 5.93. The van der Waals surface area contributed by atoms with Crippen molar-refractivity contribution in [2.45, 2.75) is 38.6 Å². The lowest BCUT2D eigenvalue weighted by Crippen LogP contribution is -2.50. The van der Waals surface area contributed by atoms with Gasteiger partial charge < -0.3 is 19.6 Å². The number of hydrogen-bond acceptors (Lipinski definition) is 4. The van der Waals surface area contributed by atoms with Crippen molar-refractivity contribution in [3.8, 4) is 0 Å². The predicted octanol–water partition coefficient (Wildman–Crippen LogP) is 1.59. The van der Waals surface area contributed by atoms with E-state index in [0.29, 0.717) is 25.9 Å². The van der Waals surface area contributed by atoms with Gasteiger partial charge in [-0.25, -0.2) is 4.79 Å². The second-order valence-electron chi connectivity index (χ2n) is 6.08. The van der Waals surface area contributed by atoms with Gasteiger partial charge in [-0.2, -0.15) is 0 Å². The van der Waals surface area contributed by atoms with Gasteiger partial charge in [0.25, 0.3) is 0 Å². The second-order valence-corrected chi connectivity index (χ2v) is 6.42. The highest BCUT2D eigenvalue weighted by Gasteiger charge is 2.32. The third kappa shape index (κ3) is 3.44. The fourth-order valence-corrected chi connectivity index (χ4v) is 3.57. The number of hydrogen-bond donors (Lipinski definition) is 1. The van der Waals surface area contributed by atoms with Crippen LogP contribution < -0.4 is 5.32 Å². The molecule has 3 rings (SSSR count). The molecule has 0 aromatic carbocycles. The number of amides is 3.